The van der Waals surface area contributed by atoms with Gasteiger partial charge in [0.15, 0.2) is 0 Å². The molecule has 2 unspecified atom stereocenters. The van der Waals surface area contributed by atoms with Crippen LogP contribution in [0, 0.1) is 0 Å². The Bertz CT molecular complexity index is 596. The van der Waals surface area contributed by atoms with Crippen LogP contribution in [0.15, 0.2) is 24.3 Å². The maximum Gasteiger partial charge on any atom is 0.253 e. The Morgan fingerprint density at radius 2 is 2.20 bits per heavy atom. The van der Waals surface area contributed by atoms with Crippen molar-refractivity contribution in [3.8, 4) is 0 Å². The van der Waals surface area contributed by atoms with Crippen LogP contribution < -0.4 is 16.0 Å². The Hall–Kier alpha value is -1.96. The van der Waals surface area contributed by atoms with Crippen molar-refractivity contribution in [1.29, 1.82) is 0 Å². The molecule has 2 heterocycles. The highest BCUT2D eigenvalue weighted by Crippen LogP contribution is 2.16. The second-order valence-electron chi connectivity index (χ2n) is 6.40. The molecule has 0 aliphatic carbocycles. The smallest absolute Gasteiger partial charge is 0.253 e. The zero-order valence-electron chi connectivity index (χ0n) is 14.3. The molecule has 2 fully saturated rings. The van der Waals surface area contributed by atoms with Crippen LogP contribution in [-0.2, 0) is 25.6 Å². The zero-order valence-corrected chi connectivity index (χ0v) is 14.3. The van der Waals surface area contributed by atoms with Crippen LogP contribution in [0.5, 0.6) is 0 Å². The van der Waals surface area contributed by atoms with Crippen LogP contribution in [0.1, 0.15) is 24.8 Å². The van der Waals surface area contributed by atoms with E-state index in [-0.39, 0.29) is 24.0 Å². The molecule has 136 valence electrons. The van der Waals surface area contributed by atoms with Gasteiger partial charge in [-0.25, -0.2) is 0 Å². The number of morpholine rings is 1. The first-order valence-corrected chi connectivity index (χ1v) is 8.80. The summed E-state index contributed by atoms with van der Waals surface area (Å²) in [6, 6.07) is 7.56. The number of hydrogen-bond acceptors (Lipinski definition) is 5. The highest BCUT2D eigenvalue weighted by molar-refractivity contribution is 5.94. The lowest BCUT2D eigenvalue weighted by atomic mass is 10.1. The summed E-state index contributed by atoms with van der Waals surface area (Å²) in [4.78, 5) is 24.1. The summed E-state index contributed by atoms with van der Waals surface area (Å²) in [7, 11) is 0. The Kier molecular flexibility index (Phi) is 6.38. The van der Waals surface area contributed by atoms with E-state index in [9.17, 15) is 9.59 Å². The second kappa shape index (κ2) is 8.94. The van der Waals surface area contributed by atoms with Gasteiger partial charge in [0.05, 0.1) is 13.2 Å². The van der Waals surface area contributed by atoms with Gasteiger partial charge in [0.25, 0.3) is 5.91 Å². The number of carbonyl (C=O) groups is 2. The minimum absolute atomic E-state index is 0.0169. The van der Waals surface area contributed by atoms with Gasteiger partial charge in [-0.05, 0) is 30.5 Å². The van der Waals surface area contributed by atoms with Crippen LogP contribution in [0.2, 0.25) is 0 Å². The number of ether oxygens (including phenoxy) is 2. The molecule has 7 nitrogen and oxygen atoms in total. The molecule has 0 saturated carbocycles. The van der Waals surface area contributed by atoms with Gasteiger partial charge >= 0.3 is 0 Å². The summed E-state index contributed by atoms with van der Waals surface area (Å²) >= 11 is 0. The Labute approximate surface area is 147 Å². The fourth-order valence-electron chi connectivity index (χ4n) is 3.01. The van der Waals surface area contributed by atoms with Crippen molar-refractivity contribution in [1.82, 2.24) is 10.6 Å². The van der Waals surface area contributed by atoms with Gasteiger partial charge in [-0.15, -0.1) is 0 Å². The van der Waals surface area contributed by atoms with Crippen LogP contribution in [0.4, 0.5) is 5.69 Å². The first-order valence-electron chi connectivity index (χ1n) is 8.80. The Morgan fingerprint density at radius 1 is 1.28 bits per heavy atom. The summed E-state index contributed by atoms with van der Waals surface area (Å²) < 4.78 is 10.7. The van der Waals surface area contributed by atoms with Crippen molar-refractivity contribution in [2.75, 3.05) is 31.7 Å². The van der Waals surface area contributed by atoms with Gasteiger partial charge in [-0.3, -0.25) is 9.59 Å². The number of hydrogen-bond donors (Lipinski definition) is 3. The van der Waals surface area contributed by atoms with E-state index in [4.69, 9.17) is 9.47 Å². The van der Waals surface area contributed by atoms with E-state index in [1.807, 2.05) is 24.3 Å². The highest BCUT2D eigenvalue weighted by atomic mass is 16.5. The van der Waals surface area contributed by atoms with E-state index < -0.39 is 0 Å². The predicted molar refractivity (Wildman–Crippen MR) is 93.1 cm³/mol. The van der Waals surface area contributed by atoms with E-state index in [0.29, 0.717) is 32.8 Å². The van der Waals surface area contributed by atoms with Crippen molar-refractivity contribution in [3.63, 3.8) is 0 Å². The van der Waals surface area contributed by atoms with Gasteiger partial charge in [0.1, 0.15) is 6.10 Å². The molecule has 0 aromatic heterocycles. The molecule has 1 aromatic carbocycles. The molecule has 3 N–H and O–H groups in total. The van der Waals surface area contributed by atoms with Gasteiger partial charge < -0.3 is 25.4 Å². The summed E-state index contributed by atoms with van der Waals surface area (Å²) in [6.45, 7) is 3.12. The van der Waals surface area contributed by atoms with E-state index in [2.05, 4.69) is 16.0 Å². The predicted octanol–water partition coefficient (Wildman–Crippen LogP) is 0.799. The number of anilines is 1. The standard InChI is InChI=1S/C18H25N3O4/c22-17(10-15-12-24-8-6-19-15)20-11-13-3-1-4-14(9-13)21-18(23)16-5-2-7-25-16/h1,3-4,9,15-16,19H,2,5-8,10-12H2,(H,20,22)(H,21,23). The summed E-state index contributed by atoms with van der Waals surface area (Å²) in [5, 5.41) is 9.04. The highest BCUT2D eigenvalue weighted by Gasteiger charge is 2.23. The Balaban J connectivity index is 1.46. The number of rotatable bonds is 6. The molecule has 2 atom stereocenters. The summed E-state index contributed by atoms with van der Waals surface area (Å²) in [6.07, 6.45) is 1.73. The topological polar surface area (TPSA) is 88.7 Å². The molecule has 0 bridgehead atoms. The number of amides is 2. The van der Waals surface area contributed by atoms with Crippen molar-refractivity contribution in [2.24, 2.45) is 0 Å². The lowest BCUT2D eigenvalue weighted by Gasteiger charge is -2.23. The molecule has 0 spiro atoms. The molecule has 2 aliphatic heterocycles. The third kappa shape index (κ3) is 5.52. The number of carbonyl (C=O) groups excluding carboxylic acids is 2. The molecule has 0 radical (unpaired) electrons. The molecule has 2 saturated heterocycles. The molecular formula is C18H25N3O4. The minimum Gasteiger partial charge on any atom is -0.378 e. The van der Waals surface area contributed by atoms with Gasteiger partial charge in [-0.2, -0.15) is 0 Å². The fourth-order valence-corrected chi connectivity index (χ4v) is 3.01. The van der Waals surface area contributed by atoms with Gasteiger partial charge in [0, 0.05) is 37.8 Å². The van der Waals surface area contributed by atoms with Crippen molar-refractivity contribution < 1.29 is 19.1 Å². The van der Waals surface area contributed by atoms with Crippen LogP contribution in [0.3, 0.4) is 0 Å². The second-order valence-corrected chi connectivity index (χ2v) is 6.40. The zero-order chi connectivity index (χ0) is 17.5. The molecule has 3 rings (SSSR count). The van der Waals surface area contributed by atoms with E-state index >= 15 is 0 Å². The normalized spacial score (nSPS) is 23.2. The first-order chi connectivity index (χ1) is 12.2. The lowest BCUT2D eigenvalue weighted by Crippen LogP contribution is -2.44. The molecule has 1 aromatic rings. The maximum absolute atomic E-state index is 12.1. The average Bonchev–Trinajstić information content (AvgIpc) is 3.16. The summed E-state index contributed by atoms with van der Waals surface area (Å²) in [5.74, 6) is -0.126. The van der Waals surface area contributed by atoms with E-state index in [1.54, 1.807) is 0 Å². The fraction of sp³-hybridized carbons (Fsp3) is 0.556. The van der Waals surface area contributed by atoms with Crippen LogP contribution in [0.25, 0.3) is 0 Å². The van der Waals surface area contributed by atoms with Crippen LogP contribution in [-0.4, -0.2) is 50.3 Å². The third-order valence-corrected chi connectivity index (χ3v) is 4.34. The molecule has 2 amide bonds. The molecule has 25 heavy (non-hydrogen) atoms. The van der Waals surface area contributed by atoms with Gasteiger partial charge in [-0.1, -0.05) is 12.1 Å². The monoisotopic (exact) mass is 347 g/mol. The number of nitrogens with one attached hydrogen (secondary N) is 3. The quantitative estimate of drug-likeness (QED) is 0.708. The SMILES string of the molecule is O=C(CC1COCCN1)NCc1cccc(NC(=O)C2CCCO2)c1. The van der Waals surface area contributed by atoms with Crippen LogP contribution >= 0.6 is 0 Å². The van der Waals surface area contributed by atoms with Crippen molar-refractivity contribution in [3.05, 3.63) is 29.8 Å². The molecule has 7 heteroatoms. The van der Waals surface area contributed by atoms with E-state index in [0.717, 1.165) is 30.6 Å². The van der Waals surface area contributed by atoms with E-state index in [1.165, 1.54) is 0 Å². The average molecular weight is 347 g/mol. The maximum atomic E-state index is 12.1. The molecular weight excluding hydrogens is 322 g/mol. The number of benzene rings is 1. The first kappa shape index (κ1) is 17.8. The molecule has 2 aliphatic rings. The minimum atomic E-state index is -0.353. The third-order valence-electron chi connectivity index (χ3n) is 4.34. The lowest BCUT2D eigenvalue weighted by molar-refractivity contribution is -0.124. The summed E-state index contributed by atoms with van der Waals surface area (Å²) in [5.41, 5.74) is 1.65. The van der Waals surface area contributed by atoms with Crippen molar-refractivity contribution in [2.45, 2.75) is 38.0 Å². The van der Waals surface area contributed by atoms with Crippen molar-refractivity contribution >= 4 is 17.5 Å². The van der Waals surface area contributed by atoms with Gasteiger partial charge in [0.2, 0.25) is 5.91 Å². The Morgan fingerprint density at radius 3 is 2.96 bits per heavy atom. The largest absolute Gasteiger partial charge is 0.378 e.